The van der Waals surface area contributed by atoms with Crippen molar-refractivity contribution in [2.24, 2.45) is 0 Å². The Morgan fingerprint density at radius 3 is 2.29 bits per heavy atom. The molecule has 1 aromatic rings. The standard InChI is InChI=1S/C15H22N2O3S/c1-5-20-12-8-6-11(7-9-12)14(19)17-16-13(18)10-21-15(2,3)4/h6-9H,5,10H2,1-4H3,(H,16,18)(H,17,19). The Balaban J connectivity index is 2.41. The van der Waals surface area contributed by atoms with Gasteiger partial charge in [-0.1, -0.05) is 20.8 Å². The summed E-state index contributed by atoms with van der Waals surface area (Å²) < 4.78 is 5.31. The van der Waals surface area contributed by atoms with Gasteiger partial charge < -0.3 is 4.74 Å². The van der Waals surface area contributed by atoms with E-state index >= 15 is 0 Å². The third-order valence-electron chi connectivity index (χ3n) is 2.38. The van der Waals surface area contributed by atoms with Crippen LogP contribution >= 0.6 is 11.8 Å². The molecule has 0 unspecified atom stereocenters. The fourth-order valence-electron chi connectivity index (χ4n) is 1.39. The molecule has 2 N–H and O–H groups in total. The van der Waals surface area contributed by atoms with Crippen LogP contribution in [0.5, 0.6) is 5.75 Å². The number of hydrazine groups is 1. The number of benzene rings is 1. The second-order valence-electron chi connectivity index (χ2n) is 5.36. The highest BCUT2D eigenvalue weighted by Crippen LogP contribution is 2.22. The first-order valence-corrected chi connectivity index (χ1v) is 7.76. The fourth-order valence-corrected chi connectivity index (χ4v) is 2.02. The SMILES string of the molecule is CCOc1ccc(C(=O)NNC(=O)CSC(C)(C)C)cc1. The van der Waals surface area contributed by atoms with Gasteiger partial charge in [-0.25, -0.2) is 0 Å². The van der Waals surface area contributed by atoms with Gasteiger partial charge in [-0.15, -0.1) is 11.8 Å². The molecule has 1 rings (SSSR count). The molecule has 0 aliphatic carbocycles. The van der Waals surface area contributed by atoms with Crippen molar-refractivity contribution in [2.45, 2.75) is 32.4 Å². The minimum absolute atomic E-state index is 0.0104. The molecule has 0 aromatic heterocycles. The number of ether oxygens (including phenoxy) is 1. The molecule has 0 saturated heterocycles. The first-order chi connectivity index (χ1) is 9.81. The second-order valence-corrected chi connectivity index (χ2v) is 7.16. The van der Waals surface area contributed by atoms with Crippen molar-refractivity contribution in [1.29, 1.82) is 0 Å². The van der Waals surface area contributed by atoms with Gasteiger partial charge in [-0.3, -0.25) is 20.4 Å². The van der Waals surface area contributed by atoms with Crippen molar-refractivity contribution in [2.75, 3.05) is 12.4 Å². The van der Waals surface area contributed by atoms with Gasteiger partial charge in [0.1, 0.15) is 5.75 Å². The quantitative estimate of drug-likeness (QED) is 0.819. The van der Waals surface area contributed by atoms with Gasteiger partial charge in [0, 0.05) is 10.3 Å². The van der Waals surface area contributed by atoms with Crippen LogP contribution in [0.3, 0.4) is 0 Å². The van der Waals surface area contributed by atoms with E-state index in [0.717, 1.165) is 0 Å². The van der Waals surface area contributed by atoms with Gasteiger partial charge >= 0.3 is 0 Å². The van der Waals surface area contributed by atoms with Gasteiger partial charge in [-0.05, 0) is 31.2 Å². The van der Waals surface area contributed by atoms with E-state index in [2.05, 4.69) is 10.9 Å². The van der Waals surface area contributed by atoms with Gasteiger partial charge in [0.15, 0.2) is 0 Å². The molecule has 0 spiro atoms. The Hall–Kier alpha value is -1.69. The molecule has 1 aromatic carbocycles. The van der Waals surface area contributed by atoms with E-state index in [1.165, 1.54) is 11.8 Å². The van der Waals surface area contributed by atoms with Crippen molar-refractivity contribution in [1.82, 2.24) is 10.9 Å². The molecule has 116 valence electrons. The van der Waals surface area contributed by atoms with Crippen LogP contribution in [0.4, 0.5) is 0 Å². The Labute approximate surface area is 129 Å². The Morgan fingerprint density at radius 2 is 1.76 bits per heavy atom. The molecular formula is C15H22N2O3S. The van der Waals surface area contributed by atoms with Crippen LogP contribution in [0.15, 0.2) is 24.3 Å². The molecular weight excluding hydrogens is 288 g/mol. The van der Waals surface area contributed by atoms with Crippen LogP contribution in [0.2, 0.25) is 0 Å². The molecule has 2 amide bonds. The normalized spacial score (nSPS) is 10.9. The van der Waals surface area contributed by atoms with E-state index in [0.29, 0.717) is 23.7 Å². The van der Waals surface area contributed by atoms with E-state index < -0.39 is 0 Å². The zero-order valence-electron chi connectivity index (χ0n) is 12.9. The largest absolute Gasteiger partial charge is 0.494 e. The van der Waals surface area contributed by atoms with Crippen LogP contribution in [0.1, 0.15) is 38.1 Å². The molecule has 0 atom stereocenters. The molecule has 0 fully saturated rings. The topological polar surface area (TPSA) is 67.4 Å². The van der Waals surface area contributed by atoms with Crippen LogP contribution in [0, 0.1) is 0 Å². The molecule has 5 nitrogen and oxygen atoms in total. The summed E-state index contributed by atoms with van der Waals surface area (Å²) in [6.45, 7) is 8.56. The van der Waals surface area contributed by atoms with Crippen LogP contribution < -0.4 is 15.6 Å². The minimum atomic E-state index is -0.354. The number of nitrogens with one attached hydrogen (secondary N) is 2. The second kappa shape index (κ2) is 7.93. The number of thioether (sulfide) groups is 1. The number of hydrogen-bond donors (Lipinski definition) is 2. The third-order valence-corrected chi connectivity index (χ3v) is 3.65. The van der Waals surface area contributed by atoms with Gasteiger partial charge in [0.2, 0.25) is 5.91 Å². The number of carbonyl (C=O) groups excluding carboxylic acids is 2. The molecule has 21 heavy (non-hydrogen) atoms. The van der Waals surface area contributed by atoms with Crippen molar-refractivity contribution in [3.05, 3.63) is 29.8 Å². The number of carbonyl (C=O) groups is 2. The maximum atomic E-state index is 11.8. The summed E-state index contributed by atoms with van der Waals surface area (Å²) in [7, 11) is 0. The lowest BCUT2D eigenvalue weighted by molar-refractivity contribution is -0.119. The molecule has 0 aliphatic heterocycles. The first-order valence-electron chi connectivity index (χ1n) is 6.78. The smallest absolute Gasteiger partial charge is 0.269 e. The average Bonchev–Trinajstić information content (AvgIpc) is 2.43. The lowest BCUT2D eigenvalue weighted by Gasteiger charge is -2.17. The lowest BCUT2D eigenvalue weighted by atomic mass is 10.2. The van der Waals surface area contributed by atoms with E-state index in [-0.39, 0.29) is 16.6 Å². The molecule has 0 bridgehead atoms. The molecule has 0 saturated carbocycles. The Morgan fingerprint density at radius 1 is 1.14 bits per heavy atom. The summed E-state index contributed by atoms with van der Waals surface area (Å²) in [6, 6.07) is 6.73. The predicted molar refractivity (Wildman–Crippen MR) is 85.4 cm³/mol. The highest BCUT2D eigenvalue weighted by atomic mass is 32.2. The van der Waals surface area contributed by atoms with E-state index in [9.17, 15) is 9.59 Å². The van der Waals surface area contributed by atoms with E-state index in [4.69, 9.17) is 4.74 Å². The molecule has 0 aliphatic rings. The zero-order chi connectivity index (χ0) is 15.9. The van der Waals surface area contributed by atoms with Gasteiger partial charge in [-0.2, -0.15) is 0 Å². The summed E-state index contributed by atoms with van der Waals surface area (Å²) in [5.74, 6) is 0.425. The zero-order valence-corrected chi connectivity index (χ0v) is 13.7. The summed E-state index contributed by atoms with van der Waals surface area (Å²) in [4.78, 5) is 23.4. The van der Waals surface area contributed by atoms with Crippen molar-refractivity contribution in [3.8, 4) is 5.75 Å². The minimum Gasteiger partial charge on any atom is -0.494 e. The number of amides is 2. The summed E-state index contributed by atoms with van der Waals surface area (Å²) in [5, 5.41) is 0. The van der Waals surface area contributed by atoms with Crippen LogP contribution in [-0.2, 0) is 4.79 Å². The highest BCUT2D eigenvalue weighted by Gasteiger charge is 2.14. The first kappa shape index (κ1) is 17.4. The number of rotatable bonds is 5. The molecule has 6 heteroatoms. The lowest BCUT2D eigenvalue weighted by Crippen LogP contribution is -2.42. The Kier molecular flexibility index (Phi) is 6.55. The van der Waals surface area contributed by atoms with Gasteiger partial charge in [0.05, 0.1) is 12.4 Å². The van der Waals surface area contributed by atoms with Crippen molar-refractivity contribution >= 4 is 23.6 Å². The third kappa shape index (κ3) is 7.04. The maximum Gasteiger partial charge on any atom is 0.269 e. The van der Waals surface area contributed by atoms with E-state index in [1.807, 2.05) is 27.7 Å². The Bertz CT molecular complexity index is 481. The van der Waals surface area contributed by atoms with Crippen molar-refractivity contribution < 1.29 is 14.3 Å². The number of hydrogen-bond acceptors (Lipinski definition) is 4. The van der Waals surface area contributed by atoms with Crippen molar-refractivity contribution in [3.63, 3.8) is 0 Å². The van der Waals surface area contributed by atoms with Gasteiger partial charge in [0.25, 0.3) is 5.91 Å². The maximum absolute atomic E-state index is 11.8. The predicted octanol–water partition coefficient (Wildman–Crippen LogP) is 2.38. The van der Waals surface area contributed by atoms with Crippen LogP contribution in [0.25, 0.3) is 0 Å². The summed E-state index contributed by atoms with van der Waals surface area (Å²) in [5.41, 5.74) is 5.26. The summed E-state index contributed by atoms with van der Waals surface area (Å²) >= 11 is 1.52. The van der Waals surface area contributed by atoms with E-state index in [1.54, 1.807) is 24.3 Å². The monoisotopic (exact) mass is 310 g/mol. The molecule has 0 heterocycles. The summed E-state index contributed by atoms with van der Waals surface area (Å²) in [6.07, 6.45) is 0. The molecule has 0 radical (unpaired) electrons. The fraction of sp³-hybridized carbons (Fsp3) is 0.467. The highest BCUT2D eigenvalue weighted by molar-refractivity contribution is 8.01. The average molecular weight is 310 g/mol. The van der Waals surface area contributed by atoms with Crippen LogP contribution in [-0.4, -0.2) is 28.9 Å².